The van der Waals surface area contributed by atoms with Crippen molar-refractivity contribution in [1.29, 1.82) is 0 Å². The minimum atomic E-state index is 1.05. The van der Waals surface area contributed by atoms with Crippen LogP contribution in [-0.2, 0) is 0 Å². The topological polar surface area (TPSA) is 3.24 Å². The second kappa shape index (κ2) is 4.81. The summed E-state index contributed by atoms with van der Waals surface area (Å²) < 4.78 is 0. The molecule has 0 heterocycles. The van der Waals surface area contributed by atoms with Crippen LogP contribution in [0.1, 0.15) is 19.8 Å². The van der Waals surface area contributed by atoms with E-state index in [0.717, 1.165) is 13.0 Å². The minimum absolute atomic E-state index is 1.05. The maximum Gasteiger partial charge on any atom is 0.0326 e. The molecule has 0 fully saturated rings. The van der Waals surface area contributed by atoms with Crippen LogP contribution >= 0.6 is 0 Å². The summed E-state index contributed by atoms with van der Waals surface area (Å²) in [5.41, 5.74) is 1.34. The zero-order valence-corrected chi connectivity index (χ0v) is 7.96. The fourth-order valence-corrected chi connectivity index (χ4v) is 1.32. The lowest BCUT2D eigenvalue weighted by molar-refractivity contribution is 0.428. The molecule has 0 aromatic rings. The molecule has 0 aromatic heterocycles. The highest BCUT2D eigenvalue weighted by atomic mass is 15.1. The Hall–Kier alpha value is -0.980. The largest absolute Gasteiger partial charge is 0.375 e. The fraction of sp³-hybridized carbons (Fsp3) is 0.455. The Balaban J connectivity index is 2.55. The molecule has 0 N–H and O–H groups in total. The molecule has 1 aliphatic carbocycles. The number of hydrogen-bond acceptors (Lipinski definition) is 1. The van der Waals surface area contributed by atoms with Crippen molar-refractivity contribution in [3.8, 4) is 0 Å². The average Bonchev–Trinajstić information content (AvgIpc) is 2.32. The van der Waals surface area contributed by atoms with Gasteiger partial charge in [-0.1, -0.05) is 31.2 Å². The molecule has 0 saturated carbocycles. The molecule has 0 spiro atoms. The number of likely N-dealkylation sites (N-methyl/N-ethyl adjacent to an activating group) is 1. The van der Waals surface area contributed by atoms with Gasteiger partial charge in [-0.15, -0.1) is 0 Å². The molecule has 66 valence electrons. The van der Waals surface area contributed by atoms with Crippen LogP contribution in [0.3, 0.4) is 0 Å². The number of rotatable bonds is 3. The lowest BCUT2D eigenvalue weighted by Gasteiger charge is -2.18. The Morgan fingerprint density at radius 2 is 2.25 bits per heavy atom. The lowest BCUT2D eigenvalue weighted by atomic mass is 10.3. The molecule has 1 nitrogen and oxygen atoms in total. The van der Waals surface area contributed by atoms with Gasteiger partial charge in [-0.25, -0.2) is 0 Å². The molecule has 0 atom stereocenters. The Morgan fingerprint density at radius 1 is 1.42 bits per heavy atom. The van der Waals surface area contributed by atoms with Crippen molar-refractivity contribution in [3.05, 3.63) is 36.1 Å². The summed E-state index contributed by atoms with van der Waals surface area (Å²) in [5.74, 6) is 0. The summed E-state index contributed by atoms with van der Waals surface area (Å²) >= 11 is 0. The van der Waals surface area contributed by atoms with Crippen LogP contribution in [0.4, 0.5) is 0 Å². The van der Waals surface area contributed by atoms with Crippen molar-refractivity contribution in [2.75, 3.05) is 13.6 Å². The standard InChI is InChI=1S/C11H17N/c1-3-10-12(2)11-8-6-4-5-7-9-11/h4-6,8-9H,3,7,10H2,1-2H3. The lowest BCUT2D eigenvalue weighted by Crippen LogP contribution is -2.17. The van der Waals surface area contributed by atoms with E-state index in [0.29, 0.717) is 0 Å². The molecule has 0 aromatic carbocycles. The van der Waals surface area contributed by atoms with Crippen LogP contribution < -0.4 is 0 Å². The third-order valence-corrected chi connectivity index (χ3v) is 1.98. The zero-order chi connectivity index (χ0) is 8.81. The van der Waals surface area contributed by atoms with Crippen LogP contribution in [-0.4, -0.2) is 18.5 Å². The normalized spacial score (nSPS) is 15.7. The van der Waals surface area contributed by atoms with Gasteiger partial charge in [0.2, 0.25) is 0 Å². The van der Waals surface area contributed by atoms with E-state index in [1.165, 1.54) is 12.1 Å². The summed E-state index contributed by atoms with van der Waals surface area (Å²) in [6.45, 7) is 3.34. The first-order valence-corrected chi connectivity index (χ1v) is 4.59. The van der Waals surface area contributed by atoms with Crippen LogP contribution in [0.25, 0.3) is 0 Å². The van der Waals surface area contributed by atoms with Gasteiger partial charge in [0.05, 0.1) is 0 Å². The molecule has 1 rings (SSSR count). The van der Waals surface area contributed by atoms with E-state index >= 15 is 0 Å². The molecule has 0 bridgehead atoms. The van der Waals surface area contributed by atoms with Gasteiger partial charge in [0.25, 0.3) is 0 Å². The first kappa shape index (κ1) is 9.11. The average molecular weight is 163 g/mol. The molecule has 1 heteroatoms. The van der Waals surface area contributed by atoms with E-state index in [9.17, 15) is 0 Å². The van der Waals surface area contributed by atoms with Crippen molar-refractivity contribution < 1.29 is 0 Å². The highest BCUT2D eigenvalue weighted by molar-refractivity contribution is 5.25. The van der Waals surface area contributed by atoms with Gasteiger partial charge < -0.3 is 4.90 Å². The minimum Gasteiger partial charge on any atom is -0.375 e. The van der Waals surface area contributed by atoms with Gasteiger partial charge in [0.15, 0.2) is 0 Å². The van der Waals surface area contributed by atoms with E-state index in [4.69, 9.17) is 0 Å². The van der Waals surface area contributed by atoms with Crippen LogP contribution in [0.5, 0.6) is 0 Å². The third-order valence-electron chi connectivity index (χ3n) is 1.98. The molecule has 0 radical (unpaired) electrons. The fourth-order valence-electron chi connectivity index (χ4n) is 1.32. The van der Waals surface area contributed by atoms with Crippen LogP contribution in [0.15, 0.2) is 36.1 Å². The van der Waals surface area contributed by atoms with E-state index in [2.05, 4.69) is 49.3 Å². The Morgan fingerprint density at radius 3 is 3.00 bits per heavy atom. The van der Waals surface area contributed by atoms with Crippen molar-refractivity contribution in [2.24, 2.45) is 0 Å². The van der Waals surface area contributed by atoms with Gasteiger partial charge >= 0.3 is 0 Å². The second-order valence-electron chi connectivity index (χ2n) is 3.07. The number of allylic oxidation sites excluding steroid dienone is 5. The molecule has 0 unspecified atom stereocenters. The van der Waals surface area contributed by atoms with E-state index in [1.54, 1.807) is 0 Å². The first-order valence-electron chi connectivity index (χ1n) is 4.59. The third kappa shape index (κ3) is 2.57. The zero-order valence-electron chi connectivity index (χ0n) is 7.96. The maximum absolute atomic E-state index is 2.30. The molecular formula is C11H17N. The summed E-state index contributed by atoms with van der Waals surface area (Å²) in [6.07, 6.45) is 13.1. The van der Waals surface area contributed by atoms with Crippen molar-refractivity contribution in [3.63, 3.8) is 0 Å². The predicted octanol–water partition coefficient (Wildman–Crippen LogP) is 2.73. The van der Waals surface area contributed by atoms with Crippen molar-refractivity contribution in [2.45, 2.75) is 19.8 Å². The SMILES string of the molecule is CCCN(C)C1=CCC=CC=C1. The van der Waals surface area contributed by atoms with Gasteiger partial charge in [-0.05, 0) is 18.9 Å². The van der Waals surface area contributed by atoms with Gasteiger partial charge in [-0.2, -0.15) is 0 Å². The summed E-state index contributed by atoms with van der Waals surface area (Å²) in [4.78, 5) is 2.30. The number of hydrogen-bond donors (Lipinski definition) is 0. The first-order chi connectivity index (χ1) is 5.84. The van der Waals surface area contributed by atoms with Crippen molar-refractivity contribution >= 4 is 0 Å². The van der Waals surface area contributed by atoms with E-state index in [-0.39, 0.29) is 0 Å². The smallest absolute Gasteiger partial charge is 0.0326 e. The van der Waals surface area contributed by atoms with Crippen LogP contribution in [0, 0.1) is 0 Å². The molecule has 0 saturated heterocycles. The number of nitrogens with zero attached hydrogens (tertiary/aromatic N) is 1. The highest BCUT2D eigenvalue weighted by Crippen LogP contribution is 2.08. The molecular weight excluding hydrogens is 146 g/mol. The highest BCUT2D eigenvalue weighted by Gasteiger charge is 1.98. The van der Waals surface area contributed by atoms with E-state index in [1.807, 2.05) is 0 Å². The Labute approximate surface area is 75.1 Å². The van der Waals surface area contributed by atoms with Crippen molar-refractivity contribution in [1.82, 2.24) is 4.90 Å². The predicted molar refractivity (Wildman–Crippen MR) is 53.9 cm³/mol. The molecule has 0 amide bonds. The molecule has 1 aliphatic rings. The molecule has 0 aliphatic heterocycles. The Kier molecular flexibility index (Phi) is 3.65. The summed E-state index contributed by atoms with van der Waals surface area (Å²) in [7, 11) is 2.14. The Bertz CT molecular complexity index is 211. The monoisotopic (exact) mass is 163 g/mol. The van der Waals surface area contributed by atoms with Gasteiger partial charge in [0, 0.05) is 19.3 Å². The van der Waals surface area contributed by atoms with E-state index < -0.39 is 0 Å². The van der Waals surface area contributed by atoms with Gasteiger partial charge in [0.1, 0.15) is 0 Å². The second-order valence-corrected chi connectivity index (χ2v) is 3.07. The quantitative estimate of drug-likeness (QED) is 0.618. The van der Waals surface area contributed by atoms with Crippen LogP contribution in [0.2, 0.25) is 0 Å². The summed E-state index contributed by atoms with van der Waals surface area (Å²) in [5, 5.41) is 0. The maximum atomic E-state index is 2.30. The summed E-state index contributed by atoms with van der Waals surface area (Å²) in [6, 6.07) is 0. The van der Waals surface area contributed by atoms with Gasteiger partial charge in [-0.3, -0.25) is 0 Å². The molecule has 12 heavy (non-hydrogen) atoms.